The van der Waals surface area contributed by atoms with Gasteiger partial charge in [0.05, 0.1) is 6.42 Å². The van der Waals surface area contributed by atoms with Crippen molar-refractivity contribution in [1.29, 1.82) is 0 Å². The fourth-order valence-electron chi connectivity index (χ4n) is 1.18. The van der Waals surface area contributed by atoms with Crippen molar-refractivity contribution in [2.24, 2.45) is 0 Å². The lowest BCUT2D eigenvalue weighted by atomic mass is 10.1. The molecule has 86 valence electrons. The van der Waals surface area contributed by atoms with E-state index in [4.69, 9.17) is 10.8 Å². The number of hydrogen-bond donors (Lipinski definition) is 3. The average Bonchev–Trinajstić information content (AvgIpc) is 2.21. The summed E-state index contributed by atoms with van der Waals surface area (Å²) < 4.78 is 0. The van der Waals surface area contributed by atoms with E-state index in [0.717, 1.165) is 5.56 Å². The van der Waals surface area contributed by atoms with Crippen LogP contribution in [-0.2, 0) is 16.0 Å². The van der Waals surface area contributed by atoms with Crippen molar-refractivity contribution in [2.45, 2.75) is 19.4 Å². The van der Waals surface area contributed by atoms with Crippen LogP contribution in [-0.4, -0.2) is 23.0 Å². The molecule has 0 fully saturated rings. The number of rotatable bonds is 4. The molecule has 1 atom stereocenters. The molecule has 0 bridgehead atoms. The van der Waals surface area contributed by atoms with Crippen LogP contribution < -0.4 is 11.1 Å². The zero-order valence-corrected chi connectivity index (χ0v) is 8.93. The second-order valence-electron chi connectivity index (χ2n) is 3.55. The largest absolute Gasteiger partial charge is 0.480 e. The maximum Gasteiger partial charge on any atom is 0.325 e. The number of carboxylic acid groups (broad SMARTS) is 1. The average molecular weight is 222 g/mol. The van der Waals surface area contributed by atoms with E-state index in [2.05, 4.69) is 5.32 Å². The number of carboxylic acids is 1. The summed E-state index contributed by atoms with van der Waals surface area (Å²) in [6.07, 6.45) is 0.151. The number of nitrogens with two attached hydrogens (primary N) is 1. The molecule has 16 heavy (non-hydrogen) atoms. The normalized spacial score (nSPS) is 11.8. The van der Waals surface area contributed by atoms with Crippen molar-refractivity contribution in [3.05, 3.63) is 29.8 Å². The molecule has 0 saturated carbocycles. The Kier molecular flexibility index (Phi) is 3.88. The highest BCUT2D eigenvalue weighted by Crippen LogP contribution is 2.05. The molecule has 0 aromatic heterocycles. The molecule has 1 aromatic rings. The number of hydrogen-bond acceptors (Lipinski definition) is 3. The number of anilines is 1. The van der Waals surface area contributed by atoms with E-state index in [1.54, 1.807) is 24.3 Å². The Morgan fingerprint density at radius 1 is 1.38 bits per heavy atom. The maximum absolute atomic E-state index is 11.4. The zero-order chi connectivity index (χ0) is 12.1. The molecule has 5 heteroatoms. The van der Waals surface area contributed by atoms with Crippen molar-refractivity contribution in [2.75, 3.05) is 5.73 Å². The van der Waals surface area contributed by atoms with Gasteiger partial charge < -0.3 is 16.2 Å². The Morgan fingerprint density at radius 2 is 1.94 bits per heavy atom. The van der Waals surface area contributed by atoms with E-state index in [-0.39, 0.29) is 12.3 Å². The SMILES string of the molecule is C[C@@H](NC(=O)Cc1ccc(N)cc1)C(=O)O. The summed E-state index contributed by atoms with van der Waals surface area (Å²) >= 11 is 0. The van der Waals surface area contributed by atoms with Crippen molar-refractivity contribution >= 4 is 17.6 Å². The molecule has 5 nitrogen and oxygen atoms in total. The van der Waals surface area contributed by atoms with E-state index in [0.29, 0.717) is 5.69 Å². The van der Waals surface area contributed by atoms with Gasteiger partial charge in [0.15, 0.2) is 0 Å². The van der Waals surface area contributed by atoms with Gasteiger partial charge in [-0.1, -0.05) is 12.1 Å². The van der Waals surface area contributed by atoms with Gasteiger partial charge >= 0.3 is 5.97 Å². The number of aliphatic carboxylic acids is 1. The molecule has 0 aliphatic rings. The number of carbonyl (C=O) groups is 2. The van der Waals surface area contributed by atoms with Crippen LogP contribution in [0.4, 0.5) is 5.69 Å². The van der Waals surface area contributed by atoms with Crippen molar-refractivity contribution in [1.82, 2.24) is 5.32 Å². The lowest BCUT2D eigenvalue weighted by Gasteiger charge is -2.09. The van der Waals surface area contributed by atoms with Gasteiger partial charge in [0.1, 0.15) is 6.04 Å². The van der Waals surface area contributed by atoms with Gasteiger partial charge in [0.25, 0.3) is 0 Å². The van der Waals surface area contributed by atoms with Crippen molar-refractivity contribution in [3.63, 3.8) is 0 Å². The molecule has 4 N–H and O–H groups in total. The van der Waals surface area contributed by atoms with E-state index >= 15 is 0 Å². The smallest absolute Gasteiger partial charge is 0.325 e. The van der Waals surface area contributed by atoms with Crippen LogP contribution in [0.3, 0.4) is 0 Å². The Bertz CT molecular complexity index is 387. The third-order valence-electron chi connectivity index (χ3n) is 2.09. The van der Waals surface area contributed by atoms with Gasteiger partial charge in [-0.2, -0.15) is 0 Å². The molecule has 0 heterocycles. The second-order valence-corrected chi connectivity index (χ2v) is 3.55. The lowest BCUT2D eigenvalue weighted by molar-refractivity contribution is -0.141. The van der Waals surface area contributed by atoms with E-state index in [1.807, 2.05) is 0 Å². The summed E-state index contributed by atoms with van der Waals surface area (Å²) in [7, 11) is 0. The van der Waals surface area contributed by atoms with E-state index < -0.39 is 12.0 Å². The first-order valence-electron chi connectivity index (χ1n) is 4.85. The second kappa shape index (κ2) is 5.16. The van der Waals surface area contributed by atoms with Crippen LogP contribution in [0.5, 0.6) is 0 Å². The van der Waals surface area contributed by atoms with Gasteiger partial charge in [-0.15, -0.1) is 0 Å². The first-order valence-corrected chi connectivity index (χ1v) is 4.85. The first kappa shape index (κ1) is 12.0. The highest BCUT2D eigenvalue weighted by atomic mass is 16.4. The summed E-state index contributed by atoms with van der Waals surface area (Å²) in [6.45, 7) is 1.42. The minimum atomic E-state index is -1.05. The number of amides is 1. The molecule has 1 amide bonds. The molecule has 0 unspecified atom stereocenters. The van der Waals surface area contributed by atoms with Crippen LogP contribution in [0, 0.1) is 0 Å². The Morgan fingerprint density at radius 3 is 2.44 bits per heavy atom. The first-order chi connectivity index (χ1) is 7.49. The van der Waals surface area contributed by atoms with Gasteiger partial charge in [-0.05, 0) is 24.6 Å². The number of nitrogen functional groups attached to an aromatic ring is 1. The highest BCUT2D eigenvalue weighted by molar-refractivity contribution is 5.84. The van der Waals surface area contributed by atoms with E-state index in [1.165, 1.54) is 6.92 Å². The minimum absolute atomic E-state index is 0.151. The molecular formula is C11H14N2O3. The summed E-state index contributed by atoms with van der Waals surface area (Å²) in [4.78, 5) is 21.9. The van der Waals surface area contributed by atoms with Crippen LogP contribution in [0.1, 0.15) is 12.5 Å². The topological polar surface area (TPSA) is 92.4 Å². The molecule has 0 aliphatic carbocycles. The summed E-state index contributed by atoms with van der Waals surface area (Å²) in [5, 5.41) is 11.0. The maximum atomic E-state index is 11.4. The lowest BCUT2D eigenvalue weighted by Crippen LogP contribution is -2.39. The Hall–Kier alpha value is -2.04. The molecule has 0 saturated heterocycles. The summed E-state index contributed by atoms with van der Waals surface area (Å²) in [5.41, 5.74) is 6.92. The molecule has 0 radical (unpaired) electrons. The summed E-state index contributed by atoms with van der Waals surface area (Å²) in [6, 6.07) is 5.99. The minimum Gasteiger partial charge on any atom is -0.480 e. The number of carbonyl (C=O) groups excluding carboxylic acids is 1. The molecule has 0 spiro atoms. The number of nitrogens with one attached hydrogen (secondary N) is 1. The summed E-state index contributed by atoms with van der Waals surface area (Å²) in [5.74, 6) is -1.37. The zero-order valence-electron chi connectivity index (χ0n) is 8.93. The molecule has 0 aliphatic heterocycles. The Labute approximate surface area is 93.3 Å². The van der Waals surface area contributed by atoms with Gasteiger partial charge in [-0.25, -0.2) is 0 Å². The standard InChI is InChI=1S/C11H14N2O3/c1-7(11(15)16)13-10(14)6-8-2-4-9(12)5-3-8/h2-5,7H,6,12H2,1H3,(H,13,14)(H,15,16)/t7-/m1/s1. The highest BCUT2D eigenvalue weighted by Gasteiger charge is 2.13. The quantitative estimate of drug-likeness (QED) is 0.643. The van der Waals surface area contributed by atoms with Crippen molar-refractivity contribution in [3.8, 4) is 0 Å². The molecule has 1 aromatic carbocycles. The fourth-order valence-corrected chi connectivity index (χ4v) is 1.18. The van der Waals surface area contributed by atoms with E-state index in [9.17, 15) is 9.59 Å². The molecule has 1 rings (SSSR count). The predicted molar refractivity (Wildman–Crippen MR) is 59.8 cm³/mol. The Balaban J connectivity index is 2.52. The van der Waals surface area contributed by atoms with Gasteiger partial charge in [-0.3, -0.25) is 9.59 Å². The predicted octanol–water partition coefficient (Wildman–Crippen LogP) is 0.401. The monoisotopic (exact) mass is 222 g/mol. The van der Waals surface area contributed by atoms with Crippen LogP contribution in [0.25, 0.3) is 0 Å². The van der Waals surface area contributed by atoms with Gasteiger partial charge in [0.2, 0.25) is 5.91 Å². The fraction of sp³-hybridized carbons (Fsp3) is 0.273. The van der Waals surface area contributed by atoms with Crippen LogP contribution >= 0.6 is 0 Å². The number of benzene rings is 1. The third-order valence-corrected chi connectivity index (χ3v) is 2.09. The van der Waals surface area contributed by atoms with Crippen molar-refractivity contribution < 1.29 is 14.7 Å². The third kappa shape index (κ3) is 3.61. The van der Waals surface area contributed by atoms with Crippen LogP contribution in [0.2, 0.25) is 0 Å². The van der Waals surface area contributed by atoms with Gasteiger partial charge in [0, 0.05) is 5.69 Å². The van der Waals surface area contributed by atoms with Crippen LogP contribution in [0.15, 0.2) is 24.3 Å². The molecular weight excluding hydrogens is 208 g/mol.